The van der Waals surface area contributed by atoms with Gasteiger partial charge in [0.05, 0.1) is 28.8 Å². The molecule has 0 aliphatic carbocycles. The van der Waals surface area contributed by atoms with Crippen molar-refractivity contribution in [1.29, 1.82) is 0 Å². The summed E-state index contributed by atoms with van der Waals surface area (Å²) in [6.45, 7) is 3.45. The van der Waals surface area contributed by atoms with Crippen LogP contribution < -0.4 is 4.90 Å². The van der Waals surface area contributed by atoms with Crippen molar-refractivity contribution in [3.05, 3.63) is 92.8 Å². The number of benzene rings is 2. The van der Waals surface area contributed by atoms with Crippen molar-refractivity contribution in [3.63, 3.8) is 0 Å². The van der Waals surface area contributed by atoms with Crippen molar-refractivity contribution in [1.82, 2.24) is 14.8 Å². The molecule has 0 spiro atoms. The lowest BCUT2D eigenvalue weighted by atomic mass is 9.93. The van der Waals surface area contributed by atoms with Crippen molar-refractivity contribution in [3.8, 4) is 0 Å². The highest BCUT2D eigenvalue weighted by Crippen LogP contribution is 2.36. The number of anilines is 1. The molecule has 5 rings (SSSR count). The second kappa shape index (κ2) is 12.1. The molecular formula is C29H28Cl2F4N4O2. The Morgan fingerprint density at radius 2 is 1.80 bits per heavy atom. The summed E-state index contributed by atoms with van der Waals surface area (Å²) in [7, 11) is 1.81. The van der Waals surface area contributed by atoms with Crippen LogP contribution in [0, 0.1) is 5.82 Å². The quantitative estimate of drug-likeness (QED) is 0.315. The number of likely N-dealkylation sites (tertiary alicyclic amines) is 1. The van der Waals surface area contributed by atoms with Crippen molar-refractivity contribution >= 4 is 34.9 Å². The van der Waals surface area contributed by atoms with E-state index in [0.717, 1.165) is 17.7 Å². The summed E-state index contributed by atoms with van der Waals surface area (Å²) in [6.07, 6.45) is -3.15. The SMILES string of the molecule is CN(Cc1ccc(C(F)(F)F)c(F)c1)[C@@H]1CN(C(=O)c2ccnc(N3CCOCC3)c2)C[C@@H]1c1ccc(Cl)c(Cl)c1. The topological polar surface area (TPSA) is 48.9 Å². The molecule has 2 aliphatic rings. The van der Waals surface area contributed by atoms with Crippen LogP contribution in [0.1, 0.15) is 33.0 Å². The number of halogens is 6. The van der Waals surface area contributed by atoms with Gasteiger partial charge in [-0.05, 0) is 54.6 Å². The summed E-state index contributed by atoms with van der Waals surface area (Å²) < 4.78 is 58.9. The molecule has 0 radical (unpaired) electrons. The molecule has 2 fully saturated rings. The van der Waals surface area contributed by atoms with E-state index < -0.39 is 17.6 Å². The average Bonchev–Trinajstić information content (AvgIpc) is 3.40. The number of carbonyl (C=O) groups is 1. The van der Waals surface area contributed by atoms with Gasteiger partial charge in [-0.25, -0.2) is 9.37 Å². The van der Waals surface area contributed by atoms with Crippen LogP contribution in [-0.4, -0.2) is 73.2 Å². The molecule has 2 aliphatic heterocycles. The number of ether oxygens (including phenoxy) is 1. The number of likely N-dealkylation sites (N-methyl/N-ethyl adjacent to an activating group) is 1. The highest BCUT2D eigenvalue weighted by Gasteiger charge is 2.39. The zero-order chi connectivity index (χ0) is 29.3. The van der Waals surface area contributed by atoms with Crippen molar-refractivity contribution in [2.24, 2.45) is 0 Å². The third-order valence-electron chi connectivity index (χ3n) is 7.61. The zero-order valence-electron chi connectivity index (χ0n) is 22.2. The number of pyridine rings is 1. The lowest BCUT2D eigenvalue weighted by molar-refractivity contribution is -0.140. The van der Waals surface area contributed by atoms with Gasteiger partial charge < -0.3 is 14.5 Å². The van der Waals surface area contributed by atoms with Gasteiger partial charge in [0.15, 0.2) is 0 Å². The van der Waals surface area contributed by atoms with E-state index >= 15 is 0 Å². The zero-order valence-corrected chi connectivity index (χ0v) is 23.7. The first-order chi connectivity index (χ1) is 19.5. The molecule has 3 aromatic rings. The standard InChI is InChI=1S/C29H28Cl2F4N4O2/c1-37(15-18-2-4-22(25(32)12-18)29(33,34)35)26-17-39(16-21(26)19-3-5-23(30)24(31)13-19)28(40)20-6-7-36-27(14-20)38-8-10-41-11-9-38/h2-7,12-14,21,26H,8-11,15-17H2,1H3/t21-,26-/m1/s1. The number of nitrogens with zero attached hydrogens (tertiary/aromatic N) is 4. The molecule has 41 heavy (non-hydrogen) atoms. The number of rotatable bonds is 6. The minimum Gasteiger partial charge on any atom is -0.378 e. The van der Waals surface area contributed by atoms with Crippen LogP contribution in [0.25, 0.3) is 0 Å². The lowest BCUT2D eigenvalue weighted by Gasteiger charge is -2.29. The van der Waals surface area contributed by atoms with E-state index in [4.69, 9.17) is 27.9 Å². The predicted octanol–water partition coefficient (Wildman–Crippen LogP) is 6.12. The molecule has 2 saturated heterocycles. The largest absolute Gasteiger partial charge is 0.419 e. The molecule has 12 heteroatoms. The molecule has 0 bridgehead atoms. The lowest BCUT2D eigenvalue weighted by Crippen LogP contribution is -2.38. The van der Waals surface area contributed by atoms with Crippen LogP contribution in [0.2, 0.25) is 10.0 Å². The maximum Gasteiger partial charge on any atom is 0.419 e. The second-order valence-corrected chi connectivity index (χ2v) is 11.1. The maximum atomic E-state index is 14.3. The van der Waals surface area contributed by atoms with Gasteiger partial charge in [-0.3, -0.25) is 9.69 Å². The number of hydrogen-bond acceptors (Lipinski definition) is 5. The van der Waals surface area contributed by atoms with Gasteiger partial charge in [-0.1, -0.05) is 35.3 Å². The smallest absolute Gasteiger partial charge is 0.378 e. The van der Waals surface area contributed by atoms with Gasteiger partial charge in [-0.2, -0.15) is 13.2 Å². The fourth-order valence-electron chi connectivity index (χ4n) is 5.46. The van der Waals surface area contributed by atoms with Crippen molar-refractivity contribution < 1.29 is 27.1 Å². The molecule has 0 N–H and O–H groups in total. The molecule has 0 saturated carbocycles. The molecule has 3 heterocycles. The van der Waals surface area contributed by atoms with Crippen LogP contribution in [0.5, 0.6) is 0 Å². The molecule has 0 unspecified atom stereocenters. The fraction of sp³-hybridized carbons (Fsp3) is 0.379. The summed E-state index contributed by atoms with van der Waals surface area (Å²) in [5, 5.41) is 0.781. The normalized spacial score (nSPS) is 19.7. The molecular weight excluding hydrogens is 583 g/mol. The van der Waals surface area contributed by atoms with Crippen LogP contribution >= 0.6 is 23.2 Å². The maximum absolute atomic E-state index is 14.3. The number of morpholine rings is 1. The highest BCUT2D eigenvalue weighted by molar-refractivity contribution is 6.42. The first-order valence-corrected chi connectivity index (χ1v) is 13.9. The Morgan fingerprint density at radius 3 is 2.49 bits per heavy atom. The highest BCUT2D eigenvalue weighted by atomic mass is 35.5. The summed E-state index contributed by atoms with van der Waals surface area (Å²) in [5.41, 5.74) is 0.459. The molecule has 6 nitrogen and oxygen atoms in total. The Balaban J connectivity index is 1.39. The first kappa shape index (κ1) is 29.6. The molecule has 2 atom stereocenters. The van der Waals surface area contributed by atoms with E-state index in [-0.39, 0.29) is 24.4 Å². The van der Waals surface area contributed by atoms with Crippen LogP contribution in [0.4, 0.5) is 23.4 Å². The second-order valence-electron chi connectivity index (χ2n) is 10.3. The summed E-state index contributed by atoms with van der Waals surface area (Å²) in [6, 6.07) is 11.5. The van der Waals surface area contributed by atoms with Gasteiger partial charge in [0.2, 0.25) is 0 Å². The predicted molar refractivity (Wildman–Crippen MR) is 149 cm³/mol. The minimum absolute atomic E-state index is 0.163. The molecule has 1 aromatic heterocycles. The van der Waals surface area contributed by atoms with Gasteiger partial charge >= 0.3 is 6.18 Å². The van der Waals surface area contributed by atoms with Crippen LogP contribution in [-0.2, 0) is 17.5 Å². The fourth-order valence-corrected chi connectivity index (χ4v) is 5.77. The van der Waals surface area contributed by atoms with Crippen LogP contribution in [0.3, 0.4) is 0 Å². The third-order valence-corrected chi connectivity index (χ3v) is 8.35. The number of aromatic nitrogens is 1. The third kappa shape index (κ3) is 6.61. The van der Waals surface area contributed by atoms with Crippen molar-refractivity contribution in [2.45, 2.75) is 24.7 Å². The van der Waals surface area contributed by atoms with E-state index in [0.29, 0.717) is 66.4 Å². The van der Waals surface area contributed by atoms with E-state index in [1.807, 2.05) is 18.0 Å². The Kier molecular flexibility index (Phi) is 8.75. The Bertz CT molecular complexity index is 1420. The van der Waals surface area contributed by atoms with Gasteiger partial charge in [-0.15, -0.1) is 0 Å². The first-order valence-electron chi connectivity index (χ1n) is 13.1. The molecule has 218 valence electrons. The van der Waals surface area contributed by atoms with Gasteiger partial charge in [0, 0.05) is 56.4 Å². The molecule has 1 amide bonds. The molecule has 2 aromatic carbocycles. The summed E-state index contributed by atoms with van der Waals surface area (Å²) in [5.74, 6) is -0.958. The number of amides is 1. The Labute approximate surface area is 245 Å². The van der Waals surface area contributed by atoms with Gasteiger partial charge in [0.25, 0.3) is 5.91 Å². The van der Waals surface area contributed by atoms with E-state index in [2.05, 4.69) is 9.88 Å². The average molecular weight is 611 g/mol. The van der Waals surface area contributed by atoms with E-state index in [1.165, 1.54) is 6.07 Å². The van der Waals surface area contributed by atoms with E-state index in [9.17, 15) is 22.4 Å². The van der Waals surface area contributed by atoms with Crippen LogP contribution in [0.15, 0.2) is 54.7 Å². The Hall–Kier alpha value is -2.92. The number of carbonyl (C=O) groups excluding carboxylic acids is 1. The number of hydrogen-bond donors (Lipinski definition) is 0. The van der Waals surface area contributed by atoms with E-state index in [1.54, 1.807) is 35.4 Å². The van der Waals surface area contributed by atoms with Crippen molar-refractivity contribution in [2.75, 3.05) is 51.3 Å². The summed E-state index contributed by atoms with van der Waals surface area (Å²) in [4.78, 5) is 23.9. The monoisotopic (exact) mass is 610 g/mol. The minimum atomic E-state index is -4.77. The summed E-state index contributed by atoms with van der Waals surface area (Å²) >= 11 is 12.5. The van der Waals surface area contributed by atoms with Gasteiger partial charge in [0.1, 0.15) is 11.6 Å². The Morgan fingerprint density at radius 1 is 1.05 bits per heavy atom. The number of alkyl halides is 3.